The normalized spacial score (nSPS) is 17.5. The molecule has 1 aliphatic rings. The average Bonchev–Trinajstić information content (AvgIpc) is 2.44. The van der Waals surface area contributed by atoms with Gasteiger partial charge in [0.1, 0.15) is 5.41 Å². The number of nitriles is 1. The van der Waals surface area contributed by atoms with Crippen LogP contribution >= 0.6 is 23.2 Å². The largest absolute Gasteiger partial charge is 0.381 e. The Balaban J connectivity index is 2.20. The van der Waals surface area contributed by atoms with Crippen LogP contribution in [0, 0.1) is 16.7 Å². The van der Waals surface area contributed by atoms with Gasteiger partial charge in [0.2, 0.25) is 5.91 Å². The van der Waals surface area contributed by atoms with Crippen LogP contribution in [0.25, 0.3) is 0 Å². The number of benzene rings is 1. The molecule has 1 aliphatic heterocycles. The zero-order valence-corrected chi connectivity index (χ0v) is 11.6. The molecule has 2 rings (SSSR count). The minimum absolute atomic E-state index is 0.276. The molecule has 1 aromatic rings. The van der Waals surface area contributed by atoms with Crippen molar-refractivity contribution in [1.82, 2.24) is 0 Å². The number of hydrogen-bond acceptors (Lipinski definition) is 3. The molecule has 1 aromatic carbocycles. The number of nitrogens with one attached hydrogen (secondary N) is 1. The molecule has 0 aromatic heterocycles. The van der Waals surface area contributed by atoms with Crippen molar-refractivity contribution in [2.45, 2.75) is 12.8 Å². The topological polar surface area (TPSA) is 62.1 Å². The Kier molecular flexibility index (Phi) is 4.31. The van der Waals surface area contributed by atoms with Crippen molar-refractivity contribution in [3.8, 4) is 6.07 Å². The molecular formula is C13H12Cl2N2O2. The molecule has 0 aliphatic carbocycles. The van der Waals surface area contributed by atoms with Crippen LogP contribution in [0.4, 0.5) is 5.69 Å². The van der Waals surface area contributed by atoms with E-state index < -0.39 is 5.41 Å². The van der Waals surface area contributed by atoms with Crippen molar-refractivity contribution in [3.05, 3.63) is 28.2 Å². The van der Waals surface area contributed by atoms with Crippen LogP contribution in [0.15, 0.2) is 18.2 Å². The maximum Gasteiger partial charge on any atom is 0.245 e. The van der Waals surface area contributed by atoms with Crippen LogP contribution in [-0.4, -0.2) is 19.1 Å². The molecule has 19 heavy (non-hydrogen) atoms. The van der Waals surface area contributed by atoms with E-state index in [0.717, 1.165) is 0 Å². The lowest BCUT2D eigenvalue weighted by atomic mass is 9.81. The van der Waals surface area contributed by atoms with Crippen LogP contribution in [0.5, 0.6) is 0 Å². The maximum absolute atomic E-state index is 12.3. The van der Waals surface area contributed by atoms with E-state index in [2.05, 4.69) is 11.4 Å². The van der Waals surface area contributed by atoms with E-state index >= 15 is 0 Å². The zero-order chi connectivity index (χ0) is 13.9. The highest BCUT2D eigenvalue weighted by atomic mass is 35.5. The third kappa shape index (κ3) is 2.84. The molecule has 0 atom stereocenters. The Hall–Kier alpha value is -1.28. The molecule has 1 N–H and O–H groups in total. The van der Waals surface area contributed by atoms with Gasteiger partial charge in [-0.2, -0.15) is 5.26 Å². The number of nitrogens with zero attached hydrogens (tertiary/aromatic N) is 1. The summed E-state index contributed by atoms with van der Waals surface area (Å²) in [6.45, 7) is 0.814. The quantitative estimate of drug-likeness (QED) is 0.911. The summed E-state index contributed by atoms with van der Waals surface area (Å²) >= 11 is 11.9. The summed E-state index contributed by atoms with van der Waals surface area (Å²) in [4.78, 5) is 12.3. The van der Waals surface area contributed by atoms with Crippen molar-refractivity contribution in [2.75, 3.05) is 18.5 Å². The monoisotopic (exact) mass is 298 g/mol. The van der Waals surface area contributed by atoms with Crippen molar-refractivity contribution >= 4 is 34.8 Å². The highest BCUT2D eigenvalue weighted by Crippen LogP contribution is 2.34. The second kappa shape index (κ2) is 5.79. The summed E-state index contributed by atoms with van der Waals surface area (Å²) in [5, 5.41) is 12.6. The summed E-state index contributed by atoms with van der Waals surface area (Å²) in [6, 6.07) is 7.07. The van der Waals surface area contributed by atoms with Gasteiger partial charge in [-0.15, -0.1) is 0 Å². The van der Waals surface area contributed by atoms with Crippen LogP contribution in [0.1, 0.15) is 12.8 Å². The first-order chi connectivity index (χ1) is 9.09. The molecule has 100 valence electrons. The summed E-state index contributed by atoms with van der Waals surface area (Å²) in [5.74, 6) is -0.359. The smallest absolute Gasteiger partial charge is 0.245 e. The highest BCUT2D eigenvalue weighted by molar-refractivity contribution is 6.44. The van der Waals surface area contributed by atoms with E-state index in [-0.39, 0.29) is 10.9 Å². The first-order valence-electron chi connectivity index (χ1n) is 5.83. The van der Waals surface area contributed by atoms with E-state index in [9.17, 15) is 10.1 Å². The molecule has 0 unspecified atom stereocenters. The summed E-state index contributed by atoms with van der Waals surface area (Å²) in [5.41, 5.74) is -0.635. The van der Waals surface area contributed by atoms with E-state index in [1.165, 1.54) is 0 Å². The maximum atomic E-state index is 12.3. The summed E-state index contributed by atoms with van der Waals surface area (Å²) < 4.78 is 5.19. The van der Waals surface area contributed by atoms with Gasteiger partial charge in [0.05, 0.1) is 21.8 Å². The highest BCUT2D eigenvalue weighted by Gasteiger charge is 2.40. The Morgan fingerprint density at radius 2 is 2.05 bits per heavy atom. The predicted molar refractivity (Wildman–Crippen MR) is 73.2 cm³/mol. The van der Waals surface area contributed by atoms with Crippen molar-refractivity contribution < 1.29 is 9.53 Å². The van der Waals surface area contributed by atoms with Gasteiger partial charge in [-0.25, -0.2) is 0 Å². The van der Waals surface area contributed by atoms with Gasteiger partial charge in [0.15, 0.2) is 0 Å². The second-order valence-corrected chi connectivity index (χ2v) is 5.15. The Labute approximate surface area is 121 Å². The van der Waals surface area contributed by atoms with E-state index in [1.807, 2.05) is 0 Å². The summed E-state index contributed by atoms with van der Waals surface area (Å²) in [7, 11) is 0. The van der Waals surface area contributed by atoms with Gasteiger partial charge in [-0.3, -0.25) is 4.79 Å². The Morgan fingerprint density at radius 1 is 1.37 bits per heavy atom. The third-order valence-electron chi connectivity index (χ3n) is 3.19. The van der Waals surface area contributed by atoms with Gasteiger partial charge in [0, 0.05) is 13.2 Å². The Morgan fingerprint density at radius 3 is 2.68 bits per heavy atom. The fourth-order valence-electron chi connectivity index (χ4n) is 1.95. The average molecular weight is 299 g/mol. The standard InChI is InChI=1S/C13H12Cl2N2O2/c14-9-2-1-3-10(11(9)15)17-12(18)13(8-16)4-6-19-7-5-13/h1-3H,4-7H2,(H,17,18). The number of carbonyl (C=O) groups excluding carboxylic acids is 1. The van der Waals surface area contributed by atoms with Crippen molar-refractivity contribution in [2.24, 2.45) is 5.41 Å². The molecule has 0 spiro atoms. The molecule has 1 amide bonds. The molecule has 1 heterocycles. The lowest BCUT2D eigenvalue weighted by molar-refractivity contribution is -0.126. The van der Waals surface area contributed by atoms with Gasteiger partial charge in [-0.05, 0) is 25.0 Å². The van der Waals surface area contributed by atoms with Crippen molar-refractivity contribution in [1.29, 1.82) is 5.26 Å². The number of halogens is 2. The van der Waals surface area contributed by atoms with Crippen LogP contribution in [0.2, 0.25) is 10.0 Å². The van der Waals surface area contributed by atoms with Gasteiger partial charge < -0.3 is 10.1 Å². The molecule has 1 fully saturated rings. The zero-order valence-electron chi connectivity index (χ0n) is 10.1. The molecule has 0 saturated carbocycles. The second-order valence-electron chi connectivity index (χ2n) is 4.36. The number of rotatable bonds is 2. The van der Waals surface area contributed by atoms with Crippen LogP contribution in [0.3, 0.4) is 0 Å². The SMILES string of the molecule is N#CC1(C(=O)Nc2cccc(Cl)c2Cl)CCOCC1. The van der Waals surface area contributed by atoms with E-state index in [1.54, 1.807) is 18.2 Å². The molecule has 4 nitrogen and oxygen atoms in total. The molecule has 0 bridgehead atoms. The predicted octanol–water partition coefficient (Wildman–Crippen LogP) is 3.25. The van der Waals surface area contributed by atoms with E-state index in [4.69, 9.17) is 27.9 Å². The minimum Gasteiger partial charge on any atom is -0.381 e. The first-order valence-corrected chi connectivity index (χ1v) is 6.59. The molecule has 1 saturated heterocycles. The fraction of sp³-hybridized carbons (Fsp3) is 0.385. The van der Waals surface area contributed by atoms with Crippen molar-refractivity contribution in [3.63, 3.8) is 0 Å². The summed E-state index contributed by atoms with van der Waals surface area (Å²) in [6.07, 6.45) is 0.765. The lowest BCUT2D eigenvalue weighted by Gasteiger charge is -2.29. The van der Waals surface area contributed by atoms with Crippen LogP contribution < -0.4 is 5.32 Å². The third-order valence-corrected chi connectivity index (χ3v) is 4.01. The number of ether oxygens (including phenoxy) is 1. The molecule has 0 radical (unpaired) electrons. The molecular weight excluding hydrogens is 287 g/mol. The fourth-order valence-corrected chi connectivity index (χ4v) is 2.30. The first kappa shape index (κ1) is 14.1. The van der Waals surface area contributed by atoms with E-state index in [0.29, 0.717) is 36.8 Å². The van der Waals surface area contributed by atoms with Gasteiger partial charge in [-0.1, -0.05) is 29.3 Å². The van der Waals surface area contributed by atoms with Gasteiger partial charge >= 0.3 is 0 Å². The number of anilines is 1. The van der Waals surface area contributed by atoms with Crippen LogP contribution in [-0.2, 0) is 9.53 Å². The Bertz CT molecular complexity index is 534. The van der Waals surface area contributed by atoms with Gasteiger partial charge in [0.25, 0.3) is 0 Å². The molecule has 6 heteroatoms. The minimum atomic E-state index is -1.05. The number of carbonyl (C=O) groups is 1. The number of hydrogen-bond donors (Lipinski definition) is 1. The lowest BCUT2D eigenvalue weighted by Crippen LogP contribution is -2.40. The number of amides is 1.